The Labute approximate surface area is 120 Å². The Morgan fingerprint density at radius 3 is 2.86 bits per heavy atom. The van der Waals surface area contributed by atoms with Crippen LogP contribution in [0.5, 0.6) is 5.75 Å². The van der Waals surface area contributed by atoms with Crippen LogP contribution in [0.4, 0.5) is 0 Å². The number of fused-ring (bicyclic) bond motifs is 2. The average Bonchev–Trinajstić information content (AvgIpc) is 2.97. The fourth-order valence-corrected chi connectivity index (χ4v) is 2.54. The van der Waals surface area contributed by atoms with E-state index >= 15 is 0 Å². The molecule has 0 radical (unpaired) electrons. The van der Waals surface area contributed by atoms with Gasteiger partial charge < -0.3 is 9.72 Å². The molecule has 2 heterocycles. The molecule has 2 aromatic carbocycles. The number of benzene rings is 2. The van der Waals surface area contributed by atoms with Crippen molar-refractivity contribution in [3.05, 3.63) is 48.9 Å². The van der Waals surface area contributed by atoms with Crippen LogP contribution in [-0.4, -0.2) is 27.0 Å². The Morgan fingerprint density at radius 2 is 2.00 bits per heavy atom. The molecule has 0 saturated heterocycles. The number of aromatic amines is 1. The summed E-state index contributed by atoms with van der Waals surface area (Å²) in [5.41, 5.74) is 2.37. The average molecular weight is 276 g/mol. The molecule has 0 fully saturated rings. The summed E-state index contributed by atoms with van der Waals surface area (Å²) >= 11 is 0. The predicted molar refractivity (Wildman–Crippen MR) is 81.2 cm³/mol. The van der Waals surface area contributed by atoms with Crippen molar-refractivity contribution in [2.45, 2.75) is 0 Å². The lowest BCUT2D eigenvalue weighted by Crippen LogP contribution is -1.91. The zero-order chi connectivity index (χ0) is 14.2. The summed E-state index contributed by atoms with van der Waals surface area (Å²) in [5, 5.41) is 2.19. The van der Waals surface area contributed by atoms with E-state index in [0.29, 0.717) is 5.65 Å². The molecule has 0 amide bonds. The second-order valence-corrected chi connectivity index (χ2v) is 4.71. The molecule has 5 nitrogen and oxygen atoms in total. The number of rotatable bonds is 2. The molecule has 4 aromatic rings. The molecule has 0 unspecified atom stereocenters. The van der Waals surface area contributed by atoms with Crippen LogP contribution in [0, 0.1) is 0 Å². The molecule has 4 rings (SSSR count). The maximum absolute atomic E-state index is 5.61. The van der Waals surface area contributed by atoms with Gasteiger partial charge in [-0.05, 0) is 11.5 Å². The number of hydrogen-bond donors (Lipinski definition) is 1. The Hall–Kier alpha value is -2.95. The smallest absolute Gasteiger partial charge is 0.181 e. The highest BCUT2D eigenvalue weighted by Gasteiger charge is 2.13. The molecular formula is C16H12N4O. The zero-order valence-corrected chi connectivity index (χ0v) is 11.4. The first-order chi connectivity index (χ1) is 10.4. The Bertz CT molecular complexity index is 912. The van der Waals surface area contributed by atoms with E-state index in [9.17, 15) is 0 Å². The first kappa shape index (κ1) is 11.8. The quantitative estimate of drug-likeness (QED) is 0.610. The molecule has 21 heavy (non-hydrogen) atoms. The second kappa shape index (κ2) is 4.56. The highest BCUT2D eigenvalue weighted by atomic mass is 16.5. The minimum absolute atomic E-state index is 0.648. The molecule has 0 aliphatic heterocycles. The van der Waals surface area contributed by atoms with E-state index in [1.165, 1.54) is 6.33 Å². The molecule has 2 aromatic heterocycles. The highest BCUT2D eigenvalue weighted by molar-refractivity contribution is 5.94. The summed E-state index contributed by atoms with van der Waals surface area (Å²) in [5.74, 6) is 1.54. The van der Waals surface area contributed by atoms with Crippen LogP contribution in [0.15, 0.2) is 48.9 Å². The molecule has 5 heteroatoms. The van der Waals surface area contributed by atoms with Gasteiger partial charge in [0.1, 0.15) is 23.4 Å². The van der Waals surface area contributed by atoms with E-state index in [4.69, 9.17) is 4.74 Å². The lowest BCUT2D eigenvalue weighted by molar-refractivity contribution is 0.421. The van der Waals surface area contributed by atoms with Crippen LogP contribution in [-0.2, 0) is 0 Å². The van der Waals surface area contributed by atoms with E-state index in [2.05, 4.69) is 32.1 Å². The van der Waals surface area contributed by atoms with Crippen LogP contribution in [0.1, 0.15) is 0 Å². The van der Waals surface area contributed by atoms with Crippen molar-refractivity contribution in [3.8, 4) is 17.1 Å². The van der Waals surface area contributed by atoms with Crippen LogP contribution >= 0.6 is 0 Å². The van der Waals surface area contributed by atoms with E-state index < -0.39 is 0 Å². The number of H-pyrrole nitrogens is 1. The standard InChI is InChI=1S/C16H12N4O/c1-21-14-11-5-3-2-4-10(11)6-7-12(14)15-19-13-8-17-9-18-16(13)20-15/h2-9H,1H3,(H,17,18,19,20). The minimum atomic E-state index is 0.648. The van der Waals surface area contributed by atoms with Gasteiger partial charge >= 0.3 is 0 Å². The Balaban J connectivity index is 2.01. The topological polar surface area (TPSA) is 63.7 Å². The van der Waals surface area contributed by atoms with E-state index in [-0.39, 0.29) is 0 Å². The van der Waals surface area contributed by atoms with Gasteiger partial charge in [0.05, 0.1) is 18.9 Å². The fourth-order valence-electron chi connectivity index (χ4n) is 2.54. The van der Waals surface area contributed by atoms with Crippen molar-refractivity contribution in [3.63, 3.8) is 0 Å². The van der Waals surface area contributed by atoms with Crippen LogP contribution in [0.3, 0.4) is 0 Å². The molecule has 0 aliphatic rings. The van der Waals surface area contributed by atoms with Crippen molar-refractivity contribution in [2.24, 2.45) is 0 Å². The molecule has 1 N–H and O–H groups in total. The number of ether oxygens (including phenoxy) is 1. The number of hydrogen-bond acceptors (Lipinski definition) is 4. The van der Waals surface area contributed by atoms with Crippen molar-refractivity contribution < 1.29 is 4.74 Å². The maximum Gasteiger partial charge on any atom is 0.181 e. The van der Waals surface area contributed by atoms with Gasteiger partial charge in [0.25, 0.3) is 0 Å². The normalized spacial score (nSPS) is 11.1. The largest absolute Gasteiger partial charge is 0.495 e. The highest BCUT2D eigenvalue weighted by Crippen LogP contribution is 2.35. The lowest BCUT2D eigenvalue weighted by atomic mass is 10.0. The van der Waals surface area contributed by atoms with Gasteiger partial charge in [0.15, 0.2) is 5.65 Å². The van der Waals surface area contributed by atoms with Crippen LogP contribution < -0.4 is 4.74 Å². The monoisotopic (exact) mass is 276 g/mol. The molecule has 0 aliphatic carbocycles. The summed E-state index contributed by atoms with van der Waals surface area (Å²) < 4.78 is 5.61. The van der Waals surface area contributed by atoms with Crippen LogP contribution in [0.2, 0.25) is 0 Å². The van der Waals surface area contributed by atoms with Crippen molar-refractivity contribution >= 4 is 21.9 Å². The predicted octanol–water partition coefficient (Wildman–Crippen LogP) is 3.18. The molecule has 0 spiro atoms. The van der Waals surface area contributed by atoms with Crippen molar-refractivity contribution in [2.75, 3.05) is 7.11 Å². The Kier molecular flexibility index (Phi) is 2.57. The SMILES string of the molecule is COc1c(-c2nc3ncncc3[nH]2)ccc2ccccc12. The molecule has 102 valence electrons. The van der Waals surface area contributed by atoms with Gasteiger partial charge in [-0.1, -0.05) is 30.3 Å². The molecule has 0 atom stereocenters. The van der Waals surface area contributed by atoms with Crippen LogP contribution in [0.25, 0.3) is 33.3 Å². The number of nitrogens with zero attached hydrogens (tertiary/aromatic N) is 3. The number of methoxy groups -OCH3 is 1. The third-order valence-electron chi connectivity index (χ3n) is 3.50. The minimum Gasteiger partial charge on any atom is -0.495 e. The zero-order valence-electron chi connectivity index (χ0n) is 11.4. The number of imidazole rings is 1. The third-order valence-corrected chi connectivity index (χ3v) is 3.50. The summed E-state index contributed by atoms with van der Waals surface area (Å²) in [6.45, 7) is 0. The molecular weight excluding hydrogens is 264 g/mol. The summed E-state index contributed by atoms with van der Waals surface area (Å²) in [6, 6.07) is 12.2. The van der Waals surface area contributed by atoms with Gasteiger partial charge in [0, 0.05) is 5.39 Å². The van der Waals surface area contributed by atoms with Gasteiger partial charge in [-0.3, -0.25) is 0 Å². The third kappa shape index (κ3) is 1.82. The first-order valence-electron chi connectivity index (χ1n) is 6.58. The first-order valence-corrected chi connectivity index (χ1v) is 6.58. The number of nitrogens with one attached hydrogen (secondary N) is 1. The summed E-state index contributed by atoms with van der Waals surface area (Å²) in [4.78, 5) is 15.9. The van der Waals surface area contributed by atoms with Gasteiger partial charge in [-0.15, -0.1) is 0 Å². The van der Waals surface area contributed by atoms with Crippen molar-refractivity contribution in [1.29, 1.82) is 0 Å². The Morgan fingerprint density at radius 1 is 1.10 bits per heavy atom. The van der Waals surface area contributed by atoms with Gasteiger partial charge in [0.2, 0.25) is 0 Å². The van der Waals surface area contributed by atoms with E-state index in [1.807, 2.05) is 24.3 Å². The van der Waals surface area contributed by atoms with E-state index in [0.717, 1.165) is 33.4 Å². The summed E-state index contributed by atoms with van der Waals surface area (Å²) in [6.07, 6.45) is 3.21. The number of aromatic nitrogens is 4. The maximum atomic E-state index is 5.61. The fraction of sp³-hybridized carbons (Fsp3) is 0.0625. The van der Waals surface area contributed by atoms with Gasteiger partial charge in [-0.25, -0.2) is 15.0 Å². The van der Waals surface area contributed by atoms with Gasteiger partial charge in [-0.2, -0.15) is 0 Å². The lowest BCUT2D eigenvalue weighted by Gasteiger charge is -2.09. The van der Waals surface area contributed by atoms with E-state index in [1.54, 1.807) is 13.3 Å². The molecule has 0 bridgehead atoms. The summed E-state index contributed by atoms with van der Waals surface area (Å²) in [7, 11) is 1.67. The van der Waals surface area contributed by atoms with Crippen molar-refractivity contribution in [1.82, 2.24) is 19.9 Å². The molecule has 0 saturated carbocycles. The second-order valence-electron chi connectivity index (χ2n) is 4.71.